The largest absolute Gasteiger partial charge is 0.309 e. The van der Waals surface area contributed by atoms with Crippen LogP contribution in [-0.4, -0.2) is 32.1 Å². The van der Waals surface area contributed by atoms with Crippen LogP contribution in [-0.2, 0) is 0 Å². The number of rotatable bonds is 7. The monoisotopic (exact) mass is 254 g/mol. The van der Waals surface area contributed by atoms with E-state index in [0.717, 1.165) is 24.5 Å². The summed E-state index contributed by atoms with van der Waals surface area (Å²) in [5.74, 6) is 0. The minimum atomic E-state index is 0.442. The maximum Gasteiger partial charge on any atom is 0.0406 e. The number of hydrogen-bond acceptors (Lipinski definition) is 2. The summed E-state index contributed by atoms with van der Waals surface area (Å²) in [4.78, 5) is 2.19. The predicted molar refractivity (Wildman–Crippen MR) is 75.7 cm³/mol. The van der Waals surface area contributed by atoms with E-state index in [9.17, 15) is 0 Å². The van der Waals surface area contributed by atoms with E-state index in [1.807, 2.05) is 12.1 Å². The van der Waals surface area contributed by atoms with Crippen molar-refractivity contribution in [3.63, 3.8) is 0 Å². The molecule has 1 aromatic rings. The van der Waals surface area contributed by atoms with E-state index in [1.165, 1.54) is 12.0 Å². The van der Waals surface area contributed by atoms with Crippen LogP contribution in [0.3, 0.4) is 0 Å². The van der Waals surface area contributed by atoms with Crippen molar-refractivity contribution >= 4 is 11.6 Å². The molecule has 0 aromatic heterocycles. The van der Waals surface area contributed by atoms with Crippen molar-refractivity contribution in [1.82, 2.24) is 10.2 Å². The van der Waals surface area contributed by atoms with Crippen molar-refractivity contribution in [3.8, 4) is 0 Å². The third-order valence-electron chi connectivity index (χ3n) is 2.80. The minimum Gasteiger partial charge on any atom is -0.309 e. The van der Waals surface area contributed by atoms with Crippen LogP contribution in [0.1, 0.15) is 31.4 Å². The van der Waals surface area contributed by atoms with Gasteiger partial charge in [0.25, 0.3) is 0 Å². The molecule has 1 N–H and O–H groups in total. The Morgan fingerprint density at radius 2 is 1.88 bits per heavy atom. The molecular formula is C14H23ClN2. The van der Waals surface area contributed by atoms with Gasteiger partial charge in [0, 0.05) is 24.2 Å². The molecule has 17 heavy (non-hydrogen) atoms. The van der Waals surface area contributed by atoms with E-state index < -0.39 is 0 Å². The molecule has 0 radical (unpaired) electrons. The number of nitrogens with zero attached hydrogens (tertiary/aromatic N) is 1. The maximum atomic E-state index is 5.91. The molecule has 1 atom stereocenters. The molecular weight excluding hydrogens is 232 g/mol. The zero-order valence-electron chi connectivity index (χ0n) is 11.0. The quantitative estimate of drug-likeness (QED) is 0.803. The van der Waals surface area contributed by atoms with Crippen molar-refractivity contribution in [2.75, 3.05) is 27.2 Å². The molecule has 3 heteroatoms. The summed E-state index contributed by atoms with van der Waals surface area (Å²) in [7, 11) is 4.19. The Bertz CT molecular complexity index is 309. The van der Waals surface area contributed by atoms with Gasteiger partial charge in [-0.1, -0.05) is 37.1 Å². The van der Waals surface area contributed by atoms with Gasteiger partial charge < -0.3 is 10.2 Å². The highest BCUT2D eigenvalue weighted by molar-refractivity contribution is 6.30. The second-order valence-electron chi connectivity index (χ2n) is 4.65. The fourth-order valence-electron chi connectivity index (χ4n) is 1.83. The van der Waals surface area contributed by atoms with Crippen molar-refractivity contribution < 1.29 is 0 Å². The van der Waals surface area contributed by atoms with Crippen molar-refractivity contribution in [3.05, 3.63) is 34.9 Å². The van der Waals surface area contributed by atoms with E-state index in [2.05, 4.69) is 43.4 Å². The second-order valence-corrected chi connectivity index (χ2v) is 5.09. The normalized spacial score (nSPS) is 13.0. The lowest BCUT2D eigenvalue weighted by atomic mass is 10.0. The van der Waals surface area contributed by atoms with Gasteiger partial charge in [0.05, 0.1) is 0 Å². The minimum absolute atomic E-state index is 0.442. The SMILES string of the molecule is CCCC(NCCN(C)C)c1ccc(Cl)cc1. The first-order chi connectivity index (χ1) is 8.13. The molecule has 0 aliphatic carbocycles. The molecule has 2 nitrogen and oxygen atoms in total. The maximum absolute atomic E-state index is 5.91. The molecule has 1 aromatic carbocycles. The van der Waals surface area contributed by atoms with Crippen molar-refractivity contribution in [1.29, 1.82) is 0 Å². The molecule has 96 valence electrons. The lowest BCUT2D eigenvalue weighted by molar-refractivity contribution is 0.378. The van der Waals surface area contributed by atoms with Gasteiger partial charge in [-0.25, -0.2) is 0 Å². The number of nitrogens with one attached hydrogen (secondary N) is 1. The molecule has 1 unspecified atom stereocenters. The van der Waals surface area contributed by atoms with Crippen LogP contribution < -0.4 is 5.32 Å². The zero-order valence-corrected chi connectivity index (χ0v) is 11.8. The van der Waals surface area contributed by atoms with Crippen LogP contribution in [0.4, 0.5) is 0 Å². The average molecular weight is 255 g/mol. The first-order valence-electron chi connectivity index (χ1n) is 6.27. The van der Waals surface area contributed by atoms with E-state index in [0.29, 0.717) is 6.04 Å². The topological polar surface area (TPSA) is 15.3 Å². The molecule has 0 aliphatic rings. The van der Waals surface area contributed by atoms with Gasteiger partial charge in [0.2, 0.25) is 0 Å². The van der Waals surface area contributed by atoms with Crippen LogP contribution in [0.15, 0.2) is 24.3 Å². The summed E-state index contributed by atoms with van der Waals surface area (Å²) < 4.78 is 0. The predicted octanol–water partition coefficient (Wildman–Crippen LogP) is 3.33. The lowest BCUT2D eigenvalue weighted by Crippen LogP contribution is -2.29. The van der Waals surface area contributed by atoms with Crippen molar-refractivity contribution in [2.24, 2.45) is 0 Å². The van der Waals surface area contributed by atoms with Crippen molar-refractivity contribution in [2.45, 2.75) is 25.8 Å². The van der Waals surface area contributed by atoms with Gasteiger partial charge in [-0.3, -0.25) is 0 Å². The van der Waals surface area contributed by atoms with Crippen LogP contribution in [0, 0.1) is 0 Å². The van der Waals surface area contributed by atoms with E-state index in [-0.39, 0.29) is 0 Å². The number of halogens is 1. The van der Waals surface area contributed by atoms with Gasteiger partial charge in [-0.05, 0) is 38.2 Å². The molecule has 0 heterocycles. The van der Waals surface area contributed by atoms with Crippen LogP contribution in [0.5, 0.6) is 0 Å². The highest BCUT2D eigenvalue weighted by Crippen LogP contribution is 2.20. The van der Waals surface area contributed by atoms with Gasteiger partial charge in [-0.15, -0.1) is 0 Å². The van der Waals surface area contributed by atoms with Gasteiger partial charge in [0.15, 0.2) is 0 Å². The van der Waals surface area contributed by atoms with E-state index >= 15 is 0 Å². The Balaban J connectivity index is 2.55. The van der Waals surface area contributed by atoms with E-state index in [1.54, 1.807) is 0 Å². The molecule has 0 aliphatic heterocycles. The number of hydrogen-bond donors (Lipinski definition) is 1. The fraction of sp³-hybridized carbons (Fsp3) is 0.571. The Morgan fingerprint density at radius 1 is 1.24 bits per heavy atom. The second kappa shape index (κ2) is 7.70. The Hall–Kier alpha value is -0.570. The summed E-state index contributed by atoms with van der Waals surface area (Å²) in [5, 5.41) is 4.41. The zero-order chi connectivity index (χ0) is 12.7. The van der Waals surface area contributed by atoms with Crippen LogP contribution in [0.25, 0.3) is 0 Å². The van der Waals surface area contributed by atoms with Crippen LogP contribution in [0.2, 0.25) is 5.02 Å². The fourth-order valence-corrected chi connectivity index (χ4v) is 1.96. The first kappa shape index (κ1) is 14.5. The molecule has 0 amide bonds. The molecule has 0 saturated heterocycles. The Morgan fingerprint density at radius 3 is 2.41 bits per heavy atom. The average Bonchev–Trinajstić information content (AvgIpc) is 2.29. The molecule has 1 rings (SSSR count). The number of benzene rings is 1. The summed E-state index contributed by atoms with van der Waals surface area (Å²) in [5.41, 5.74) is 1.33. The Labute approximate surface area is 110 Å². The molecule has 0 spiro atoms. The summed E-state index contributed by atoms with van der Waals surface area (Å²) in [6.45, 7) is 4.30. The summed E-state index contributed by atoms with van der Waals surface area (Å²) >= 11 is 5.91. The summed E-state index contributed by atoms with van der Waals surface area (Å²) in [6.07, 6.45) is 2.34. The number of likely N-dealkylation sites (N-methyl/N-ethyl adjacent to an activating group) is 1. The lowest BCUT2D eigenvalue weighted by Gasteiger charge is -2.20. The molecule has 0 bridgehead atoms. The summed E-state index contributed by atoms with van der Waals surface area (Å²) in [6, 6.07) is 8.61. The van der Waals surface area contributed by atoms with Gasteiger partial charge in [-0.2, -0.15) is 0 Å². The smallest absolute Gasteiger partial charge is 0.0406 e. The van der Waals surface area contributed by atoms with Crippen LogP contribution >= 0.6 is 11.6 Å². The third-order valence-corrected chi connectivity index (χ3v) is 3.05. The molecule has 0 fully saturated rings. The third kappa shape index (κ3) is 5.53. The van der Waals surface area contributed by atoms with Gasteiger partial charge >= 0.3 is 0 Å². The van der Waals surface area contributed by atoms with E-state index in [4.69, 9.17) is 11.6 Å². The van der Waals surface area contributed by atoms with Gasteiger partial charge in [0.1, 0.15) is 0 Å². The molecule has 0 saturated carbocycles. The highest BCUT2D eigenvalue weighted by atomic mass is 35.5. The highest BCUT2D eigenvalue weighted by Gasteiger charge is 2.09. The first-order valence-corrected chi connectivity index (χ1v) is 6.65. The standard InChI is InChI=1S/C14H23ClN2/c1-4-5-14(16-10-11-17(2)3)12-6-8-13(15)9-7-12/h6-9,14,16H,4-5,10-11H2,1-3H3. The Kier molecular flexibility index (Phi) is 6.56.